The number of nitrogens with one attached hydrogen (secondary N) is 2. The van der Waals surface area contributed by atoms with Crippen molar-refractivity contribution < 1.29 is 23.9 Å². The molecule has 1 unspecified atom stereocenters. The SMILES string of the molecule is CCOCCCNC(=O)c1ccccc1NC(=O)C1CCN(C(=O)C2CC(=O)N(C(C)(C)C)C2)CC1. The molecule has 1 aromatic carbocycles. The van der Waals surface area contributed by atoms with Gasteiger partial charge in [-0.1, -0.05) is 12.1 Å². The third-order valence-corrected chi connectivity index (χ3v) is 6.85. The van der Waals surface area contributed by atoms with Crippen molar-refractivity contribution in [2.45, 2.75) is 58.9 Å². The lowest BCUT2D eigenvalue weighted by atomic mass is 9.94. The minimum absolute atomic E-state index is 0.000288. The Balaban J connectivity index is 1.50. The number of benzene rings is 1. The maximum absolute atomic E-state index is 13.0. The number of rotatable bonds is 9. The molecule has 36 heavy (non-hydrogen) atoms. The molecule has 2 aliphatic heterocycles. The molecule has 2 aliphatic rings. The summed E-state index contributed by atoms with van der Waals surface area (Å²) >= 11 is 0. The second-order valence-corrected chi connectivity index (χ2v) is 10.5. The van der Waals surface area contributed by atoms with Crippen LogP contribution in [-0.4, -0.2) is 78.4 Å². The number of hydrogen-bond donors (Lipinski definition) is 2. The molecule has 9 nitrogen and oxygen atoms in total. The molecule has 2 N–H and O–H groups in total. The van der Waals surface area contributed by atoms with E-state index in [1.54, 1.807) is 34.1 Å². The summed E-state index contributed by atoms with van der Waals surface area (Å²) in [6, 6.07) is 6.97. The van der Waals surface area contributed by atoms with Crippen molar-refractivity contribution in [1.29, 1.82) is 0 Å². The van der Waals surface area contributed by atoms with Crippen LogP contribution in [0.3, 0.4) is 0 Å². The molecular weight excluding hydrogens is 460 g/mol. The third-order valence-electron chi connectivity index (χ3n) is 6.85. The molecule has 9 heteroatoms. The Labute approximate surface area is 213 Å². The van der Waals surface area contributed by atoms with Crippen molar-refractivity contribution in [2.24, 2.45) is 11.8 Å². The van der Waals surface area contributed by atoms with Crippen LogP contribution in [0.5, 0.6) is 0 Å². The number of carbonyl (C=O) groups excluding carboxylic acids is 4. The van der Waals surface area contributed by atoms with E-state index in [9.17, 15) is 19.2 Å². The second-order valence-electron chi connectivity index (χ2n) is 10.5. The van der Waals surface area contributed by atoms with E-state index in [-0.39, 0.29) is 47.4 Å². The van der Waals surface area contributed by atoms with E-state index >= 15 is 0 Å². The van der Waals surface area contributed by atoms with Crippen LogP contribution in [0.4, 0.5) is 5.69 Å². The normalized spacial score (nSPS) is 18.9. The smallest absolute Gasteiger partial charge is 0.253 e. The molecule has 198 valence electrons. The Morgan fingerprint density at radius 1 is 1.08 bits per heavy atom. The zero-order valence-corrected chi connectivity index (χ0v) is 22.0. The van der Waals surface area contributed by atoms with Gasteiger partial charge in [0.1, 0.15) is 0 Å². The lowest BCUT2D eigenvalue weighted by molar-refractivity contribution is -0.138. The lowest BCUT2D eigenvalue weighted by Crippen LogP contribution is -2.46. The van der Waals surface area contributed by atoms with Gasteiger partial charge in [-0.05, 0) is 59.1 Å². The Bertz CT molecular complexity index is 950. The number of amides is 4. The number of nitrogens with zero attached hydrogens (tertiary/aromatic N) is 2. The summed E-state index contributed by atoms with van der Waals surface area (Å²) in [5.74, 6) is -0.923. The first-order valence-electron chi connectivity index (χ1n) is 13.0. The summed E-state index contributed by atoms with van der Waals surface area (Å²) in [5, 5.41) is 5.79. The van der Waals surface area contributed by atoms with Gasteiger partial charge in [0.15, 0.2) is 0 Å². The van der Waals surface area contributed by atoms with Crippen LogP contribution in [0.2, 0.25) is 0 Å². The van der Waals surface area contributed by atoms with Gasteiger partial charge in [-0.3, -0.25) is 19.2 Å². The van der Waals surface area contributed by atoms with Crippen LogP contribution >= 0.6 is 0 Å². The maximum Gasteiger partial charge on any atom is 0.253 e. The van der Waals surface area contributed by atoms with E-state index in [0.717, 1.165) is 0 Å². The van der Waals surface area contributed by atoms with E-state index in [0.29, 0.717) is 69.9 Å². The molecule has 0 aliphatic carbocycles. The van der Waals surface area contributed by atoms with E-state index in [4.69, 9.17) is 4.74 Å². The average molecular weight is 501 g/mol. The molecule has 2 saturated heterocycles. The molecule has 0 saturated carbocycles. The van der Waals surface area contributed by atoms with Gasteiger partial charge >= 0.3 is 0 Å². The van der Waals surface area contributed by atoms with Crippen LogP contribution in [0.25, 0.3) is 0 Å². The number of hydrogen-bond acceptors (Lipinski definition) is 5. The predicted octanol–water partition coefficient (Wildman–Crippen LogP) is 2.67. The highest BCUT2D eigenvalue weighted by molar-refractivity contribution is 6.04. The first-order chi connectivity index (χ1) is 17.1. The van der Waals surface area contributed by atoms with Crippen molar-refractivity contribution in [3.8, 4) is 0 Å². The minimum Gasteiger partial charge on any atom is -0.382 e. The fourth-order valence-electron chi connectivity index (χ4n) is 4.78. The van der Waals surface area contributed by atoms with Crippen LogP contribution in [0.15, 0.2) is 24.3 Å². The van der Waals surface area contributed by atoms with E-state index in [1.807, 2.05) is 27.7 Å². The van der Waals surface area contributed by atoms with E-state index in [2.05, 4.69) is 10.6 Å². The van der Waals surface area contributed by atoms with Crippen molar-refractivity contribution in [2.75, 3.05) is 44.7 Å². The number of likely N-dealkylation sites (tertiary alicyclic amines) is 2. The first kappa shape index (κ1) is 27.6. The van der Waals surface area contributed by atoms with Crippen LogP contribution in [-0.2, 0) is 19.1 Å². The van der Waals surface area contributed by atoms with Gasteiger partial charge < -0.3 is 25.2 Å². The van der Waals surface area contributed by atoms with E-state index < -0.39 is 0 Å². The monoisotopic (exact) mass is 500 g/mol. The number of piperidine rings is 1. The minimum atomic E-state index is -0.318. The molecular formula is C27H40N4O5. The molecule has 2 heterocycles. The first-order valence-corrected chi connectivity index (χ1v) is 13.0. The summed E-state index contributed by atoms with van der Waals surface area (Å²) < 4.78 is 5.29. The third kappa shape index (κ3) is 7.06. The molecule has 0 radical (unpaired) electrons. The maximum atomic E-state index is 13.0. The standard InChI is InChI=1S/C27H40N4O5/c1-5-36-16-8-13-28-25(34)21-9-6-7-10-22(21)29-24(33)19-11-14-30(15-12-19)26(35)20-17-23(32)31(18-20)27(2,3)4/h6-7,9-10,19-20H,5,8,11-18H2,1-4H3,(H,28,34)(H,29,33). The number of para-hydroxylation sites is 1. The average Bonchev–Trinajstić information content (AvgIpc) is 3.26. The van der Waals surface area contributed by atoms with Crippen molar-refractivity contribution in [3.05, 3.63) is 29.8 Å². The number of anilines is 1. The van der Waals surface area contributed by atoms with Crippen LogP contribution < -0.4 is 10.6 Å². The van der Waals surface area contributed by atoms with E-state index in [1.165, 1.54) is 0 Å². The molecule has 0 bridgehead atoms. The molecule has 0 aromatic heterocycles. The quantitative estimate of drug-likeness (QED) is 0.507. The van der Waals surface area contributed by atoms with Gasteiger partial charge in [-0.2, -0.15) is 0 Å². The Hall–Kier alpha value is -2.94. The molecule has 3 rings (SSSR count). The number of ether oxygens (including phenoxy) is 1. The van der Waals surface area contributed by atoms with Crippen molar-refractivity contribution >= 4 is 29.3 Å². The summed E-state index contributed by atoms with van der Waals surface area (Å²) in [6.07, 6.45) is 2.07. The summed E-state index contributed by atoms with van der Waals surface area (Å²) in [7, 11) is 0. The van der Waals surface area contributed by atoms with Gasteiger partial charge in [0.25, 0.3) is 5.91 Å². The van der Waals surface area contributed by atoms with Crippen LogP contribution in [0, 0.1) is 11.8 Å². The molecule has 1 atom stereocenters. The topological polar surface area (TPSA) is 108 Å². The zero-order valence-electron chi connectivity index (χ0n) is 22.0. The summed E-state index contributed by atoms with van der Waals surface area (Å²) in [6.45, 7) is 11.0. The predicted molar refractivity (Wildman–Crippen MR) is 137 cm³/mol. The summed E-state index contributed by atoms with van der Waals surface area (Å²) in [5.41, 5.74) is 0.604. The largest absolute Gasteiger partial charge is 0.382 e. The van der Waals surface area contributed by atoms with Crippen molar-refractivity contribution in [1.82, 2.24) is 15.1 Å². The fraction of sp³-hybridized carbons (Fsp3) is 0.630. The van der Waals surface area contributed by atoms with Gasteiger partial charge in [-0.15, -0.1) is 0 Å². The Kier molecular flexibility index (Phi) is 9.48. The highest BCUT2D eigenvalue weighted by atomic mass is 16.5. The molecule has 2 fully saturated rings. The Morgan fingerprint density at radius 2 is 1.78 bits per heavy atom. The molecule has 1 aromatic rings. The number of carbonyl (C=O) groups is 4. The highest BCUT2D eigenvalue weighted by Gasteiger charge is 2.41. The molecule has 4 amide bonds. The van der Waals surface area contributed by atoms with Gasteiger partial charge in [0.05, 0.1) is 17.2 Å². The fourth-order valence-corrected chi connectivity index (χ4v) is 4.78. The zero-order chi connectivity index (χ0) is 26.3. The lowest BCUT2D eigenvalue weighted by Gasteiger charge is -2.34. The van der Waals surface area contributed by atoms with Crippen molar-refractivity contribution in [3.63, 3.8) is 0 Å². The molecule has 0 spiro atoms. The Morgan fingerprint density at radius 3 is 2.42 bits per heavy atom. The highest BCUT2D eigenvalue weighted by Crippen LogP contribution is 2.29. The summed E-state index contributed by atoms with van der Waals surface area (Å²) in [4.78, 5) is 54.6. The van der Waals surface area contributed by atoms with Gasteiger partial charge in [0, 0.05) is 57.3 Å². The van der Waals surface area contributed by atoms with Gasteiger partial charge in [0.2, 0.25) is 17.7 Å². The van der Waals surface area contributed by atoms with Gasteiger partial charge in [-0.25, -0.2) is 0 Å². The second kappa shape index (κ2) is 12.3. The van der Waals surface area contributed by atoms with Crippen LogP contribution in [0.1, 0.15) is 63.7 Å².